The monoisotopic (exact) mass is 506 g/mol. The van der Waals surface area contributed by atoms with Crippen molar-refractivity contribution in [3.05, 3.63) is 47.4 Å². The van der Waals surface area contributed by atoms with E-state index in [1.165, 1.54) is 24.2 Å². The summed E-state index contributed by atoms with van der Waals surface area (Å²) in [6, 6.07) is 7.23. The molecule has 9 heteroatoms. The van der Waals surface area contributed by atoms with E-state index in [-0.39, 0.29) is 5.82 Å². The summed E-state index contributed by atoms with van der Waals surface area (Å²) >= 11 is 1.57. The first kappa shape index (κ1) is 23.4. The molecule has 4 aromatic rings. The van der Waals surface area contributed by atoms with Gasteiger partial charge in [-0.15, -0.1) is 11.3 Å². The van der Waals surface area contributed by atoms with E-state index in [1.54, 1.807) is 24.5 Å². The first-order chi connectivity index (χ1) is 17.6. The second-order valence-corrected chi connectivity index (χ2v) is 10.6. The maximum Gasteiger partial charge on any atom is 0.228 e. The van der Waals surface area contributed by atoms with Crippen molar-refractivity contribution < 1.29 is 9.13 Å². The minimum absolute atomic E-state index is 0.326. The highest BCUT2D eigenvalue weighted by atomic mass is 32.1. The third kappa shape index (κ3) is 4.35. The van der Waals surface area contributed by atoms with Crippen LogP contribution >= 0.6 is 11.3 Å². The number of hydrogen-bond acceptors (Lipinski definition) is 7. The van der Waals surface area contributed by atoms with Crippen molar-refractivity contribution in [2.45, 2.75) is 51.0 Å². The highest BCUT2D eigenvalue weighted by Gasteiger charge is 2.28. The van der Waals surface area contributed by atoms with Gasteiger partial charge in [0.15, 0.2) is 0 Å². The van der Waals surface area contributed by atoms with Crippen molar-refractivity contribution in [3.63, 3.8) is 0 Å². The first-order valence-electron chi connectivity index (χ1n) is 12.8. The highest BCUT2D eigenvalue weighted by molar-refractivity contribution is 7.17. The van der Waals surface area contributed by atoms with Crippen molar-refractivity contribution in [2.24, 2.45) is 0 Å². The van der Waals surface area contributed by atoms with Crippen LogP contribution in [0.15, 0.2) is 35.8 Å². The number of nitrogens with zero attached hydrogens (tertiary/aromatic N) is 5. The molecule has 6 rings (SSSR count). The number of anilines is 2. The second-order valence-electron chi connectivity index (χ2n) is 9.72. The summed E-state index contributed by atoms with van der Waals surface area (Å²) in [7, 11) is 1.56. The lowest BCUT2D eigenvalue weighted by molar-refractivity contribution is 0.219. The van der Waals surface area contributed by atoms with Crippen molar-refractivity contribution >= 4 is 33.3 Å². The fourth-order valence-electron chi connectivity index (χ4n) is 5.24. The SMILES string of the molecule is CCN1CCC(c2cc(Nc3ncc4scc(-c5ccc(F)cc5OC)c4n3)n(C3CCC3)n2)CC1. The Hall–Kier alpha value is -3.04. The molecule has 1 N–H and O–H groups in total. The van der Waals surface area contributed by atoms with Gasteiger partial charge in [-0.05, 0) is 63.9 Å². The van der Waals surface area contributed by atoms with E-state index in [4.69, 9.17) is 14.8 Å². The number of ether oxygens (including phenoxy) is 1. The summed E-state index contributed by atoms with van der Waals surface area (Å²) in [4.78, 5) is 12.0. The normalized spacial score (nSPS) is 17.4. The Bertz CT molecular complexity index is 1370. The number of rotatable bonds is 7. The minimum atomic E-state index is -0.326. The van der Waals surface area contributed by atoms with Gasteiger partial charge in [-0.1, -0.05) is 6.92 Å². The van der Waals surface area contributed by atoms with Gasteiger partial charge in [0.1, 0.15) is 17.4 Å². The molecule has 1 aliphatic carbocycles. The van der Waals surface area contributed by atoms with Gasteiger partial charge >= 0.3 is 0 Å². The molecule has 1 aliphatic heterocycles. The predicted molar refractivity (Wildman–Crippen MR) is 142 cm³/mol. The van der Waals surface area contributed by atoms with Crippen LogP contribution in [0.25, 0.3) is 21.3 Å². The number of methoxy groups -OCH3 is 1. The van der Waals surface area contributed by atoms with Gasteiger partial charge in [0.25, 0.3) is 0 Å². The van der Waals surface area contributed by atoms with Gasteiger partial charge in [-0.3, -0.25) is 0 Å². The Labute approximate surface area is 214 Å². The van der Waals surface area contributed by atoms with Crippen LogP contribution in [0.3, 0.4) is 0 Å². The number of benzene rings is 1. The molecule has 0 spiro atoms. The van der Waals surface area contributed by atoms with Crippen molar-refractivity contribution in [1.29, 1.82) is 0 Å². The molecule has 2 fully saturated rings. The Morgan fingerprint density at radius 2 is 1.97 bits per heavy atom. The largest absolute Gasteiger partial charge is 0.496 e. The van der Waals surface area contributed by atoms with Crippen molar-refractivity contribution in [3.8, 4) is 16.9 Å². The van der Waals surface area contributed by atoms with Gasteiger partial charge in [0, 0.05) is 34.6 Å². The average Bonchev–Trinajstić information content (AvgIpc) is 3.47. The molecule has 1 saturated carbocycles. The molecule has 3 aromatic heterocycles. The number of nitrogens with one attached hydrogen (secondary N) is 1. The molecule has 7 nitrogen and oxygen atoms in total. The zero-order valence-electron chi connectivity index (χ0n) is 20.7. The van der Waals surface area contributed by atoms with Crippen LogP contribution in [-0.4, -0.2) is 51.4 Å². The lowest BCUT2D eigenvalue weighted by Gasteiger charge is -2.30. The molecule has 0 atom stereocenters. The third-order valence-corrected chi connectivity index (χ3v) is 8.54. The van der Waals surface area contributed by atoms with Crippen LogP contribution in [-0.2, 0) is 0 Å². The third-order valence-electron chi connectivity index (χ3n) is 7.64. The van der Waals surface area contributed by atoms with E-state index in [9.17, 15) is 4.39 Å². The molecule has 36 heavy (non-hydrogen) atoms. The molecule has 188 valence electrons. The lowest BCUT2D eigenvalue weighted by Crippen LogP contribution is -2.32. The fourth-order valence-corrected chi connectivity index (χ4v) is 6.11. The first-order valence-corrected chi connectivity index (χ1v) is 13.7. The minimum Gasteiger partial charge on any atom is -0.496 e. The number of thiophene rings is 1. The Kier molecular flexibility index (Phi) is 6.35. The average molecular weight is 507 g/mol. The second kappa shape index (κ2) is 9.78. The number of fused-ring (bicyclic) bond motifs is 1. The van der Waals surface area contributed by atoms with E-state index < -0.39 is 0 Å². The van der Waals surface area contributed by atoms with Gasteiger partial charge in [-0.25, -0.2) is 19.0 Å². The molecule has 2 aliphatic rings. The van der Waals surface area contributed by atoms with Crippen LogP contribution in [0.4, 0.5) is 16.2 Å². The van der Waals surface area contributed by atoms with Crippen LogP contribution < -0.4 is 10.1 Å². The number of aromatic nitrogens is 4. The summed E-state index contributed by atoms with van der Waals surface area (Å²) in [5, 5.41) is 10.6. The van der Waals surface area contributed by atoms with Gasteiger partial charge in [0.2, 0.25) is 5.95 Å². The maximum atomic E-state index is 13.8. The van der Waals surface area contributed by atoms with Crippen molar-refractivity contribution in [1.82, 2.24) is 24.6 Å². The Morgan fingerprint density at radius 3 is 2.69 bits per heavy atom. The number of piperidine rings is 1. The molecular weight excluding hydrogens is 475 g/mol. The molecule has 4 heterocycles. The molecular formula is C27H31FN6OS. The Balaban J connectivity index is 1.32. The van der Waals surface area contributed by atoms with Crippen LogP contribution in [0.1, 0.15) is 56.7 Å². The molecule has 1 saturated heterocycles. The topological polar surface area (TPSA) is 68.1 Å². The quantitative estimate of drug-likeness (QED) is 0.314. The van der Waals surface area contributed by atoms with Crippen LogP contribution in [0.2, 0.25) is 0 Å². The standard InChI is InChI=1S/C27H31FN6OS/c1-3-33-11-9-17(10-12-33)22-14-25(34(32-22)19-5-4-6-19)30-27-29-15-24-26(31-27)21(16-36-24)20-8-7-18(28)13-23(20)35-2/h7-8,13-17,19H,3-6,9-12H2,1-2H3,(H,29,30,31). The van der Waals surface area contributed by atoms with E-state index >= 15 is 0 Å². The molecule has 0 bridgehead atoms. The van der Waals surface area contributed by atoms with E-state index in [2.05, 4.69) is 32.9 Å². The predicted octanol–water partition coefficient (Wildman–Crippen LogP) is 6.37. The lowest BCUT2D eigenvalue weighted by atomic mass is 9.93. The molecule has 0 amide bonds. The summed E-state index contributed by atoms with van der Waals surface area (Å²) in [5.41, 5.74) is 3.72. The number of halogens is 1. The summed E-state index contributed by atoms with van der Waals surface area (Å²) in [6.07, 6.45) is 7.70. The summed E-state index contributed by atoms with van der Waals surface area (Å²) in [5.74, 6) is 2.16. The van der Waals surface area contributed by atoms with E-state index in [0.717, 1.165) is 72.5 Å². The zero-order valence-corrected chi connectivity index (χ0v) is 21.5. The van der Waals surface area contributed by atoms with Gasteiger partial charge in [0.05, 0.1) is 35.3 Å². The summed E-state index contributed by atoms with van der Waals surface area (Å²) in [6.45, 7) is 5.61. The van der Waals surface area contributed by atoms with Gasteiger partial charge in [-0.2, -0.15) is 5.10 Å². The molecule has 0 unspecified atom stereocenters. The maximum absolute atomic E-state index is 13.8. The number of hydrogen-bond donors (Lipinski definition) is 1. The van der Waals surface area contributed by atoms with Crippen LogP contribution in [0, 0.1) is 5.82 Å². The zero-order chi connectivity index (χ0) is 24.6. The van der Waals surface area contributed by atoms with Gasteiger partial charge < -0.3 is 15.0 Å². The van der Waals surface area contributed by atoms with E-state index in [0.29, 0.717) is 23.7 Å². The van der Waals surface area contributed by atoms with E-state index in [1.807, 2.05) is 11.6 Å². The van der Waals surface area contributed by atoms with Crippen molar-refractivity contribution in [2.75, 3.05) is 32.1 Å². The summed E-state index contributed by atoms with van der Waals surface area (Å²) < 4.78 is 22.4. The molecule has 0 radical (unpaired) electrons. The molecule has 1 aromatic carbocycles. The smallest absolute Gasteiger partial charge is 0.228 e. The Morgan fingerprint density at radius 1 is 1.14 bits per heavy atom. The van der Waals surface area contributed by atoms with Crippen LogP contribution in [0.5, 0.6) is 5.75 Å². The highest BCUT2D eigenvalue weighted by Crippen LogP contribution is 2.40. The number of likely N-dealkylation sites (tertiary alicyclic amines) is 1. The fraction of sp³-hybridized carbons (Fsp3) is 0.444.